The molecule has 0 fully saturated rings. The van der Waals surface area contributed by atoms with Gasteiger partial charge in [-0.05, 0) is 6.07 Å². The Hall–Kier alpha value is -1.41. The van der Waals surface area contributed by atoms with Gasteiger partial charge in [-0.1, -0.05) is 24.3 Å². The minimum absolute atomic E-state index is 0.160. The first kappa shape index (κ1) is 15.6. The SMILES string of the molecule is FC(F)(F)C(F)(F)C(F)(c1cc[c]cc1)C(F)(F)F. The molecule has 0 bridgehead atoms. The summed E-state index contributed by atoms with van der Waals surface area (Å²) in [7, 11) is 0. The molecule has 1 radical (unpaired) electrons. The normalized spacial score (nSPS) is 17.1. The predicted molar refractivity (Wildman–Crippen MR) is 45.1 cm³/mol. The van der Waals surface area contributed by atoms with E-state index in [9.17, 15) is 39.5 Å². The number of alkyl halides is 9. The summed E-state index contributed by atoms with van der Waals surface area (Å²) < 4.78 is 113. The van der Waals surface area contributed by atoms with Gasteiger partial charge in [-0.3, -0.25) is 0 Å². The van der Waals surface area contributed by atoms with E-state index in [0.29, 0.717) is 12.1 Å². The van der Waals surface area contributed by atoms with Crippen molar-refractivity contribution in [2.45, 2.75) is 23.9 Å². The third kappa shape index (κ3) is 2.25. The molecule has 0 spiro atoms. The molecule has 0 saturated carbocycles. The molecular formula is C10H4F9. The van der Waals surface area contributed by atoms with Gasteiger partial charge in [0.05, 0.1) is 0 Å². The molecule has 9 heteroatoms. The van der Waals surface area contributed by atoms with Crippen LogP contribution < -0.4 is 0 Å². The Bertz CT molecular complexity index is 431. The summed E-state index contributed by atoms with van der Waals surface area (Å²) in [6.07, 6.45) is -13.1. The van der Waals surface area contributed by atoms with Gasteiger partial charge < -0.3 is 0 Å². The summed E-state index contributed by atoms with van der Waals surface area (Å²) in [5, 5.41) is 0. The van der Waals surface area contributed by atoms with Crippen molar-refractivity contribution < 1.29 is 39.5 Å². The van der Waals surface area contributed by atoms with Crippen LogP contribution in [0.1, 0.15) is 5.56 Å². The van der Waals surface area contributed by atoms with E-state index in [4.69, 9.17) is 0 Å². The molecule has 1 aromatic carbocycles. The number of hydrogen-bond donors (Lipinski definition) is 0. The third-order valence-electron chi connectivity index (χ3n) is 2.30. The van der Waals surface area contributed by atoms with E-state index in [0.717, 1.165) is 0 Å². The monoisotopic (exact) mass is 295 g/mol. The smallest absolute Gasteiger partial charge is 0.221 e. The second kappa shape index (κ2) is 4.31. The Morgan fingerprint density at radius 3 is 1.42 bits per heavy atom. The molecule has 0 aromatic heterocycles. The molecule has 0 aliphatic carbocycles. The Kier molecular flexibility index (Phi) is 3.55. The molecule has 19 heavy (non-hydrogen) atoms. The summed E-state index contributed by atoms with van der Waals surface area (Å²) in [6.45, 7) is 0. The maximum absolute atomic E-state index is 13.7. The molecule has 107 valence electrons. The highest BCUT2D eigenvalue weighted by molar-refractivity contribution is 5.28. The van der Waals surface area contributed by atoms with Crippen molar-refractivity contribution in [3.8, 4) is 0 Å². The lowest BCUT2D eigenvalue weighted by molar-refractivity contribution is -0.389. The highest BCUT2D eigenvalue weighted by Gasteiger charge is 2.81. The Morgan fingerprint density at radius 2 is 1.11 bits per heavy atom. The van der Waals surface area contributed by atoms with Gasteiger partial charge >= 0.3 is 23.9 Å². The van der Waals surface area contributed by atoms with Gasteiger partial charge in [-0.15, -0.1) is 0 Å². The van der Waals surface area contributed by atoms with E-state index < -0.39 is 29.5 Å². The minimum Gasteiger partial charge on any atom is -0.221 e. The van der Waals surface area contributed by atoms with Crippen molar-refractivity contribution in [3.05, 3.63) is 35.9 Å². The van der Waals surface area contributed by atoms with Crippen molar-refractivity contribution in [1.82, 2.24) is 0 Å². The van der Waals surface area contributed by atoms with Crippen LogP contribution in [0.15, 0.2) is 24.3 Å². The van der Waals surface area contributed by atoms with E-state index in [1.54, 1.807) is 0 Å². The van der Waals surface area contributed by atoms with Crippen LogP contribution in [-0.4, -0.2) is 18.3 Å². The summed E-state index contributed by atoms with van der Waals surface area (Å²) >= 11 is 0. The number of benzene rings is 1. The lowest BCUT2D eigenvalue weighted by Crippen LogP contribution is -2.59. The highest BCUT2D eigenvalue weighted by Crippen LogP contribution is 2.57. The topological polar surface area (TPSA) is 0 Å². The van der Waals surface area contributed by atoms with Crippen molar-refractivity contribution in [2.75, 3.05) is 0 Å². The van der Waals surface area contributed by atoms with Gasteiger partial charge in [0, 0.05) is 5.56 Å². The van der Waals surface area contributed by atoms with Crippen LogP contribution in [-0.2, 0) is 5.67 Å². The molecule has 1 unspecified atom stereocenters. The Morgan fingerprint density at radius 1 is 0.684 bits per heavy atom. The molecule has 0 N–H and O–H groups in total. The number of rotatable bonds is 2. The molecule has 0 amide bonds. The van der Waals surface area contributed by atoms with Crippen molar-refractivity contribution in [2.24, 2.45) is 0 Å². The molecule has 0 heterocycles. The zero-order chi connectivity index (χ0) is 15.1. The highest BCUT2D eigenvalue weighted by atomic mass is 19.4. The van der Waals surface area contributed by atoms with Gasteiger partial charge in [0.25, 0.3) is 0 Å². The fourth-order valence-electron chi connectivity index (χ4n) is 1.33. The largest absolute Gasteiger partial charge is 0.457 e. The number of halogens is 9. The van der Waals surface area contributed by atoms with Crippen LogP contribution in [0.3, 0.4) is 0 Å². The average Bonchev–Trinajstić information content (AvgIpc) is 2.25. The maximum Gasteiger partial charge on any atom is 0.457 e. The molecule has 0 saturated heterocycles. The van der Waals surface area contributed by atoms with Crippen molar-refractivity contribution in [3.63, 3.8) is 0 Å². The molecular weight excluding hydrogens is 291 g/mol. The van der Waals surface area contributed by atoms with E-state index in [-0.39, 0.29) is 12.1 Å². The van der Waals surface area contributed by atoms with Crippen LogP contribution in [0, 0.1) is 6.07 Å². The second-order valence-electron chi connectivity index (χ2n) is 3.52. The van der Waals surface area contributed by atoms with Gasteiger partial charge in [-0.25, -0.2) is 4.39 Å². The van der Waals surface area contributed by atoms with Gasteiger partial charge in [0.2, 0.25) is 0 Å². The maximum atomic E-state index is 13.7. The van der Waals surface area contributed by atoms with Crippen LogP contribution in [0.4, 0.5) is 39.5 Å². The molecule has 0 nitrogen and oxygen atoms in total. The lowest BCUT2D eigenvalue weighted by atomic mass is 9.88. The zero-order valence-corrected chi connectivity index (χ0v) is 8.71. The van der Waals surface area contributed by atoms with Crippen LogP contribution >= 0.6 is 0 Å². The molecule has 0 aliphatic heterocycles. The predicted octanol–water partition coefficient (Wildman–Crippen LogP) is 4.41. The zero-order valence-electron chi connectivity index (χ0n) is 8.71. The fourth-order valence-corrected chi connectivity index (χ4v) is 1.33. The minimum atomic E-state index is -6.70. The summed E-state index contributed by atoms with van der Waals surface area (Å²) in [4.78, 5) is 0. The summed E-state index contributed by atoms with van der Waals surface area (Å²) in [6, 6.07) is 3.60. The van der Waals surface area contributed by atoms with E-state index in [1.165, 1.54) is 0 Å². The van der Waals surface area contributed by atoms with Gasteiger partial charge in [-0.2, -0.15) is 35.1 Å². The fraction of sp³-hybridized carbons (Fsp3) is 0.400. The molecule has 1 rings (SSSR count). The molecule has 1 atom stereocenters. The van der Waals surface area contributed by atoms with Gasteiger partial charge in [0.15, 0.2) is 0 Å². The van der Waals surface area contributed by atoms with E-state index in [2.05, 4.69) is 6.07 Å². The quantitative estimate of drug-likeness (QED) is 0.709. The van der Waals surface area contributed by atoms with Crippen LogP contribution in [0.5, 0.6) is 0 Å². The Balaban J connectivity index is 3.57. The second-order valence-corrected chi connectivity index (χ2v) is 3.52. The first-order valence-electron chi connectivity index (χ1n) is 4.52. The van der Waals surface area contributed by atoms with E-state index in [1.807, 2.05) is 0 Å². The lowest BCUT2D eigenvalue weighted by Gasteiger charge is -2.36. The Labute approximate surface area is 100 Å². The first-order valence-corrected chi connectivity index (χ1v) is 4.52. The molecule has 1 aromatic rings. The van der Waals surface area contributed by atoms with E-state index >= 15 is 0 Å². The average molecular weight is 295 g/mol. The van der Waals surface area contributed by atoms with Crippen molar-refractivity contribution in [1.29, 1.82) is 0 Å². The first-order chi connectivity index (χ1) is 8.36. The van der Waals surface area contributed by atoms with Gasteiger partial charge in [0.1, 0.15) is 0 Å². The van der Waals surface area contributed by atoms with Crippen molar-refractivity contribution >= 4 is 0 Å². The number of hydrogen-bond acceptors (Lipinski definition) is 0. The summed E-state index contributed by atoms with van der Waals surface area (Å²) in [5.74, 6) is -6.63. The standard InChI is InChI=1S/C10H4F9/c11-7(9(14,15)16,6-4-2-1-3-5-6)8(12,13)10(17,18)19/h2-5H. The third-order valence-corrected chi connectivity index (χ3v) is 2.30. The summed E-state index contributed by atoms with van der Waals surface area (Å²) in [5.41, 5.74) is -7.71. The van der Waals surface area contributed by atoms with Crippen LogP contribution in [0.25, 0.3) is 0 Å². The molecule has 0 aliphatic rings. The van der Waals surface area contributed by atoms with Crippen LogP contribution in [0.2, 0.25) is 0 Å².